The van der Waals surface area contributed by atoms with E-state index in [1.165, 1.54) is 7.11 Å². The highest BCUT2D eigenvalue weighted by Gasteiger charge is 2.53. The molecule has 5 rings (SSSR count). The van der Waals surface area contributed by atoms with Crippen molar-refractivity contribution in [3.8, 4) is 0 Å². The Kier molecular flexibility index (Phi) is 15.0. The molecule has 1 fully saturated rings. The summed E-state index contributed by atoms with van der Waals surface area (Å²) in [6.45, 7) is 27.4. The van der Waals surface area contributed by atoms with Crippen LogP contribution in [0.25, 0.3) is 0 Å². The van der Waals surface area contributed by atoms with Gasteiger partial charge < -0.3 is 28.0 Å². The summed E-state index contributed by atoms with van der Waals surface area (Å²) in [4.78, 5) is 27.4. The van der Waals surface area contributed by atoms with Gasteiger partial charge in [-0.05, 0) is 145 Å². The van der Waals surface area contributed by atoms with Gasteiger partial charge in [0.05, 0.1) is 27.1 Å². The van der Waals surface area contributed by atoms with Crippen molar-refractivity contribution in [2.75, 3.05) is 13.7 Å². The van der Waals surface area contributed by atoms with Crippen LogP contribution in [0, 0.1) is 66.2 Å². The summed E-state index contributed by atoms with van der Waals surface area (Å²) in [6.07, 6.45) is -4.88. The second-order valence-corrected chi connectivity index (χ2v) is 22.0. The minimum atomic E-state index is -1.57. The molecule has 0 aliphatic carbocycles. The molecule has 0 N–H and O–H groups in total. The summed E-state index contributed by atoms with van der Waals surface area (Å²) in [7, 11) is -1.59. The molecule has 4 aromatic rings. The van der Waals surface area contributed by atoms with Crippen molar-refractivity contribution in [2.45, 2.75) is 128 Å². The second-order valence-electron chi connectivity index (χ2n) is 18.4. The Hall–Kier alpha value is -3.48. The number of rotatable bonds is 12. The van der Waals surface area contributed by atoms with Gasteiger partial charge in [-0.3, -0.25) is 9.59 Å². The van der Waals surface area contributed by atoms with Crippen LogP contribution in [0.1, 0.15) is 86.1 Å². The Balaban J connectivity index is 1.79. The van der Waals surface area contributed by atoms with Crippen LogP contribution in [0.15, 0.2) is 72.8 Å². The first-order valence-electron chi connectivity index (χ1n) is 20.4. The molecule has 318 valence electrons. The molecular formula is C49H64O8P2. The van der Waals surface area contributed by atoms with Gasteiger partial charge in [-0.2, -0.15) is 0 Å². The van der Waals surface area contributed by atoms with E-state index in [-0.39, 0.29) is 12.6 Å². The van der Waals surface area contributed by atoms with Crippen molar-refractivity contribution >= 4 is 49.5 Å². The third-order valence-electron chi connectivity index (χ3n) is 9.89. The molecule has 4 aromatic carbocycles. The van der Waals surface area contributed by atoms with E-state index >= 15 is 0 Å². The first-order chi connectivity index (χ1) is 27.5. The monoisotopic (exact) mass is 842 g/mol. The maximum Gasteiger partial charge on any atom is 0.311 e. The van der Waals surface area contributed by atoms with Crippen LogP contribution in [-0.2, 0) is 37.6 Å². The number of carbonyl (C=O) groups excluding carboxylic acids is 2. The third-order valence-corrected chi connectivity index (χ3v) is 13.7. The van der Waals surface area contributed by atoms with E-state index in [0.717, 1.165) is 65.7 Å². The van der Waals surface area contributed by atoms with Gasteiger partial charge in [-0.1, -0.05) is 68.8 Å². The molecule has 1 saturated heterocycles. The summed E-state index contributed by atoms with van der Waals surface area (Å²) >= 11 is 0. The summed E-state index contributed by atoms with van der Waals surface area (Å²) in [5.74, 6) is -0.822. The first kappa shape index (κ1) is 46.6. The smallest absolute Gasteiger partial charge is 0.311 e. The van der Waals surface area contributed by atoms with Gasteiger partial charge in [0.15, 0.2) is 12.4 Å². The number of carbonyl (C=O) groups is 2. The Morgan fingerprint density at radius 1 is 0.508 bits per heavy atom. The zero-order valence-corrected chi connectivity index (χ0v) is 39.5. The molecule has 0 radical (unpaired) electrons. The zero-order valence-electron chi connectivity index (χ0n) is 37.7. The van der Waals surface area contributed by atoms with Crippen LogP contribution >= 0.6 is 16.3 Å². The Morgan fingerprint density at radius 3 is 1.14 bits per heavy atom. The number of ether oxygens (including phenoxy) is 4. The Bertz CT molecular complexity index is 1950. The molecule has 0 aromatic heterocycles. The SMILES string of the molecule is CO[C@H]1O[C@H](COC(=O)C(C)(C)C)[C@@H](OP(c2cc(C)cc(C)c2)c2cc(C)cc(C)c2)[C@H](OP(c2cc(C)cc(C)c2)c2cc(C)cc(C)c2)[C@H]1OC(=O)C(C)(C)C. The third kappa shape index (κ3) is 12.1. The standard InChI is InChI=1S/C49H64O8P2/c1-29-16-30(2)21-37(20-29)58(38-22-31(3)17-32(4)23-38)56-42-41(28-53-46(50)48(9,10)11)54-45(52-15)44(55-47(51)49(12,13)14)43(42)57-59(39-24-33(5)18-34(6)25-39)40-26-35(7)19-36(8)27-40/h16-27,41-45H,28H2,1-15H3/t41-,42-,43+,44-,45+/m1/s1. The van der Waals surface area contributed by atoms with Crippen LogP contribution in [0.3, 0.4) is 0 Å². The van der Waals surface area contributed by atoms with Crippen molar-refractivity contribution in [3.05, 3.63) is 117 Å². The van der Waals surface area contributed by atoms with Gasteiger partial charge >= 0.3 is 11.9 Å². The van der Waals surface area contributed by atoms with Gasteiger partial charge in [-0.25, -0.2) is 0 Å². The number of benzene rings is 4. The number of hydrogen-bond donors (Lipinski definition) is 0. The van der Waals surface area contributed by atoms with E-state index in [4.69, 9.17) is 28.0 Å². The summed E-state index contributed by atoms with van der Waals surface area (Å²) in [5, 5.41) is 4.03. The molecule has 10 heteroatoms. The molecule has 8 nitrogen and oxygen atoms in total. The Morgan fingerprint density at radius 2 is 0.831 bits per heavy atom. The van der Waals surface area contributed by atoms with E-state index in [1.807, 2.05) is 41.5 Å². The highest BCUT2D eigenvalue weighted by molar-refractivity contribution is 7.69. The van der Waals surface area contributed by atoms with E-state index in [9.17, 15) is 9.59 Å². The highest BCUT2D eigenvalue weighted by atomic mass is 31.1. The zero-order chi connectivity index (χ0) is 43.6. The fourth-order valence-electron chi connectivity index (χ4n) is 7.31. The van der Waals surface area contributed by atoms with Crippen molar-refractivity contribution in [1.29, 1.82) is 0 Å². The van der Waals surface area contributed by atoms with Gasteiger partial charge in [0.25, 0.3) is 0 Å². The molecule has 0 amide bonds. The van der Waals surface area contributed by atoms with Gasteiger partial charge in [-0.15, -0.1) is 0 Å². The number of methoxy groups -OCH3 is 1. The van der Waals surface area contributed by atoms with Crippen molar-refractivity contribution < 1.29 is 37.6 Å². The molecule has 0 saturated carbocycles. The molecule has 1 aliphatic heterocycles. The number of esters is 2. The minimum Gasteiger partial charge on any atom is -0.462 e. The van der Waals surface area contributed by atoms with Crippen molar-refractivity contribution in [2.24, 2.45) is 10.8 Å². The molecule has 1 heterocycles. The van der Waals surface area contributed by atoms with Crippen molar-refractivity contribution in [3.63, 3.8) is 0 Å². The summed E-state index contributed by atoms with van der Waals surface area (Å²) in [6, 6.07) is 25.9. The lowest BCUT2D eigenvalue weighted by Gasteiger charge is -2.47. The topological polar surface area (TPSA) is 89.5 Å². The molecule has 0 spiro atoms. The largest absolute Gasteiger partial charge is 0.462 e. The summed E-state index contributed by atoms with van der Waals surface area (Å²) < 4.78 is 40.5. The van der Waals surface area contributed by atoms with Crippen LogP contribution in [0.2, 0.25) is 0 Å². The Labute approximate surface area is 355 Å². The molecular weight excluding hydrogens is 778 g/mol. The second kappa shape index (κ2) is 19.1. The van der Waals surface area contributed by atoms with Crippen molar-refractivity contribution in [1.82, 2.24) is 0 Å². The van der Waals surface area contributed by atoms with Gasteiger partial charge in [0, 0.05) is 28.3 Å². The van der Waals surface area contributed by atoms with Gasteiger partial charge in [0.1, 0.15) is 24.9 Å². The van der Waals surface area contributed by atoms with E-state index in [2.05, 4.69) is 128 Å². The average molecular weight is 843 g/mol. The lowest BCUT2D eigenvalue weighted by atomic mass is 9.95. The minimum absolute atomic E-state index is 0.145. The molecule has 0 bridgehead atoms. The maximum atomic E-state index is 14.0. The average Bonchev–Trinajstić information content (AvgIpc) is 3.10. The predicted octanol–water partition coefficient (Wildman–Crippen LogP) is 9.24. The van der Waals surface area contributed by atoms with Crippen LogP contribution < -0.4 is 21.2 Å². The van der Waals surface area contributed by atoms with E-state index in [0.29, 0.717) is 0 Å². The predicted molar refractivity (Wildman–Crippen MR) is 241 cm³/mol. The lowest BCUT2D eigenvalue weighted by molar-refractivity contribution is -0.291. The molecule has 5 atom stereocenters. The van der Waals surface area contributed by atoms with Gasteiger partial charge in [0.2, 0.25) is 0 Å². The molecule has 0 unspecified atom stereocenters. The van der Waals surface area contributed by atoms with Crippen LogP contribution in [0.5, 0.6) is 0 Å². The normalized spacial score (nSPS) is 19.9. The fourth-order valence-corrected chi connectivity index (χ4v) is 11.9. The summed E-state index contributed by atoms with van der Waals surface area (Å²) in [5.41, 5.74) is 7.21. The first-order valence-corrected chi connectivity index (χ1v) is 22.9. The van der Waals surface area contributed by atoms with E-state index in [1.54, 1.807) is 0 Å². The molecule has 1 aliphatic rings. The fraction of sp³-hybridized carbons (Fsp3) is 0.469. The quantitative estimate of drug-likeness (QED) is 0.103. The lowest BCUT2D eigenvalue weighted by Crippen LogP contribution is -2.62. The van der Waals surface area contributed by atoms with Crippen LogP contribution in [0.4, 0.5) is 0 Å². The molecule has 59 heavy (non-hydrogen) atoms. The highest BCUT2D eigenvalue weighted by Crippen LogP contribution is 2.47. The number of aryl methyl sites for hydroxylation is 8. The van der Waals surface area contributed by atoms with Crippen LogP contribution in [-0.4, -0.2) is 56.4 Å². The van der Waals surface area contributed by atoms with E-state index < -0.39 is 63.8 Å². The number of hydrogen-bond acceptors (Lipinski definition) is 8. The maximum absolute atomic E-state index is 14.0.